The highest BCUT2D eigenvalue weighted by Gasteiger charge is 1.96. The number of rotatable bonds is 30. The van der Waals surface area contributed by atoms with Crippen molar-refractivity contribution >= 4 is 0 Å². The van der Waals surface area contributed by atoms with Crippen molar-refractivity contribution in [2.24, 2.45) is 0 Å². The SMILES string of the molecule is CCCCCCCCCCCCCCOCCOCCOCCOCCOCCOCCO. The quantitative estimate of drug-likeness (QED) is 0.149. The van der Waals surface area contributed by atoms with E-state index in [0.29, 0.717) is 72.7 Å². The molecule has 0 spiro atoms. The molecule has 7 heteroatoms. The lowest BCUT2D eigenvalue weighted by atomic mass is 10.1. The number of ether oxygens (including phenoxy) is 6. The summed E-state index contributed by atoms with van der Waals surface area (Å²) in [5.41, 5.74) is 0. The fraction of sp³-hybridized carbons (Fsp3) is 1.00. The first-order valence-corrected chi connectivity index (χ1v) is 13.5. The van der Waals surface area contributed by atoms with Gasteiger partial charge >= 0.3 is 0 Å². The minimum Gasteiger partial charge on any atom is -0.394 e. The van der Waals surface area contributed by atoms with Crippen molar-refractivity contribution in [2.75, 3.05) is 85.9 Å². The first-order valence-electron chi connectivity index (χ1n) is 13.5. The molecule has 0 radical (unpaired) electrons. The van der Waals surface area contributed by atoms with E-state index in [9.17, 15) is 0 Å². The summed E-state index contributed by atoms with van der Waals surface area (Å²) in [7, 11) is 0. The highest BCUT2D eigenvalue weighted by molar-refractivity contribution is 4.48. The van der Waals surface area contributed by atoms with Crippen molar-refractivity contribution in [1.82, 2.24) is 0 Å². The van der Waals surface area contributed by atoms with E-state index in [-0.39, 0.29) is 6.61 Å². The Morgan fingerprint density at radius 1 is 0.333 bits per heavy atom. The van der Waals surface area contributed by atoms with E-state index in [0.717, 1.165) is 13.0 Å². The van der Waals surface area contributed by atoms with Crippen molar-refractivity contribution in [1.29, 1.82) is 0 Å². The van der Waals surface area contributed by atoms with Gasteiger partial charge in [-0.2, -0.15) is 0 Å². The molecule has 0 rings (SSSR count). The fourth-order valence-corrected chi connectivity index (χ4v) is 3.31. The van der Waals surface area contributed by atoms with Gasteiger partial charge in [0.05, 0.1) is 79.3 Å². The second-order valence-corrected chi connectivity index (χ2v) is 8.29. The summed E-state index contributed by atoms with van der Waals surface area (Å²) >= 11 is 0. The first-order chi connectivity index (χ1) is 16.4. The average molecular weight is 479 g/mol. The normalized spacial score (nSPS) is 11.5. The molecule has 33 heavy (non-hydrogen) atoms. The second kappa shape index (κ2) is 31.7. The summed E-state index contributed by atoms with van der Waals surface area (Å²) in [6.45, 7) is 9.13. The standard InChI is InChI=1S/C26H54O7/c1-2-3-4-5-6-7-8-9-10-11-12-13-15-28-17-19-30-21-23-32-25-26-33-24-22-31-20-18-29-16-14-27/h27H,2-26H2,1H3. The zero-order valence-electron chi connectivity index (χ0n) is 21.6. The molecule has 0 aromatic heterocycles. The first kappa shape index (κ1) is 32.7. The van der Waals surface area contributed by atoms with Crippen LogP contribution in [0.5, 0.6) is 0 Å². The number of unbranched alkanes of at least 4 members (excludes halogenated alkanes) is 11. The van der Waals surface area contributed by atoms with E-state index in [1.807, 2.05) is 0 Å². The fourth-order valence-electron chi connectivity index (χ4n) is 3.31. The minimum absolute atomic E-state index is 0.0431. The maximum absolute atomic E-state index is 8.56. The van der Waals surface area contributed by atoms with E-state index in [2.05, 4.69) is 6.92 Å². The molecule has 0 saturated heterocycles. The lowest BCUT2D eigenvalue weighted by Crippen LogP contribution is -2.14. The molecule has 0 aliphatic rings. The van der Waals surface area contributed by atoms with Crippen LogP contribution in [0.2, 0.25) is 0 Å². The van der Waals surface area contributed by atoms with Gasteiger partial charge in [0.25, 0.3) is 0 Å². The summed E-state index contributed by atoms with van der Waals surface area (Å²) in [5.74, 6) is 0. The molecule has 0 aromatic carbocycles. The highest BCUT2D eigenvalue weighted by atomic mass is 16.6. The molecule has 0 aliphatic carbocycles. The largest absolute Gasteiger partial charge is 0.394 e. The highest BCUT2D eigenvalue weighted by Crippen LogP contribution is 2.11. The van der Waals surface area contributed by atoms with Crippen LogP contribution < -0.4 is 0 Å². The van der Waals surface area contributed by atoms with Gasteiger partial charge in [0, 0.05) is 6.61 Å². The van der Waals surface area contributed by atoms with Gasteiger partial charge in [-0.15, -0.1) is 0 Å². The van der Waals surface area contributed by atoms with Crippen LogP contribution in [0, 0.1) is 0 Å². The number of hydrogen-bond donors (Lipinski definition) is 1. The van der Waals surface area contributed by atoms with Crippen LogP contribution in [0.15, 0.2) is 0 Å². The Balaban J connectivity index is 2.99. The third kappa shape index (κ3) is 31.7. The van der Waals surface area contributed by atoms with Gasteiger partial charge in [0.1, 0.15) is 0 Å². The van der Waals surface area contributed by atoms with Gasteiger partial charge in [-0.1, -0.05) is 77.6 Å². The van der Waals surface area contributed by atoms with E-state index in [1.54, 1.807) is 0 Å². The van der Waals surface area contributed by atoms with E-state index in [4.69, 9.17) is 33.5 Å². The molecule has 0 saturated carbocycles. The van der Waals surface area contributed by atoms with Crippen molar-refractivity contribution in [3.8, 4) is 0 Å². The predicted octanol–water partition coefficient (Wildman–Crippen LogP) is 4.78. The maximum Gasteiger partial charge on any atom is 0.0701 e. The molecule has 0 aliphatic heterocycles. The molecular formula is C26H54O7. The van der Waals surface area contributed by atoms with Gasteiger partial charge in [-0.05, 0) is 6.42 Å². The van der Waals surface area contributed by atoms with E-state index in [1.165, 1.54) is 70.6 Å². The Bertz CT molecular complexity index is 302. The minimum atomic E-state index is 0.0431. The molecule has 0 atom stereocenters. The van der Waals surface area contributed by atoms with Gasteiger partial charge in [0.15, 0.2) is 0 Å². The van der Waals surface area contributed by atoms with E-state index < -0.39 is 0 Å². The molecule has 0 fully saturated rings. The van der Waals surface area contributed by atoms with Crippen LogP contribution in [0.1, 0.15) is 84.0 Å². The number of aliphatic hydroxyl groups excluding tert-OH is 1. The van der Waals surface area contributed by atoms with Crippen LogP contribution in [0.3, 0.4) is 0 Å². The Morgan fingerprint density at radius 2 is 0.606 bits per heavy atom. The molecular weight excluding hydrogens is 424 g/mol. The molecule has 0 unspecified atom stereocenters. The molecule has 0 amide bonds. The Hall–Kier alpha value is -0.280. The molecule has 0 aromatic rings. The van der Waals surface area contributed by atoms with Crippen LogP contribution in [0.4, 0.5) is 0 Å². The number of hydrogen-bond acceptors (Lipinski definition) is 7. The molecule has 0 bridgehead atoms. The predicted molar refractivity (Wildman–Crippen MR) is 133 cm³/mol. The number of aliphatic hydroxyl groups is 1. The lowest BCUT2D eigenvalue weighted by Gasteiger charge is -2.08. The third-order valence-electron chi connectivity index (χ3n) is 5.24. The summed E-state index contributed by atoms with van der Waals surface area (Å²) in [6, 6.07) is 0. The molecule has 200 valence electrons. The Labute approximate surface area is 203 Å². The molecule has 1 N–H and O–H groups in total. The van der Waals surface area contributed by atoms with Crippen LogP contribution in [-0.2, 0) is 28.4 Å². The summed E-state index contributed by atoms with van der Waals surface area (Å²) < 4.78 is 32.4. The molecule has 7 nitrogen and oxygen atoms in total. The Morgan fingerprint density at radius 3 is 0.939 bits per heavy atom. The third-order valence-corrected chi connectivity index (χ3v) is 5.24. The average Bonchev–Trinajstić information content (AvgIpc) is 2.83. The monoisotopic (exact) mass is 478 g/mol. The van der Waals surface area contributed by atoms with Gasteiger partial charge in [-0.25, -0.2) is 0 Å². The van der Waals surface area contributed by atoms with Crippen molar-refractivity contribution in [3.05, 3.63) is 0 Å². The van der Waals surface area contributed by atoms with Crippen molar-refractivity contribution in [3.63, 3.8) is 0 Å². The zero-order valence-corrected chi connectivity index (χ0v) is 21.6. The van der Waals surface area contributed by atoms with Crippen LogP contribution in [-0.4, -0.2) is 91.0 Å². The summed E-state index contributed by atoms with van der Waals surface area (Å²) in [4.78, 5) is 0. The zero-order chi connectivity index (χ0) is 23.9. The van der Waals surface area contributed by atoms with Gasteiger partial charge < -0.3 is 33.5 Å². The second-order valence-electron chi connectivity index (χ2n) is 8.29. The maximum atomic E-state index is 8.56. The van der Waals surface area contributed by atoms with Gasteiger partial charge in [-0.3, -0.25) is 0 Å². The topological polar surface area (TPSA) is 75.6 Å². The van der Waals surface area contributed by atoms with Crippen LogP contribution in [0.25, 0.3) is 0 Å². The summed E-state index contributed by atoms with van der Waals surface area (Å²) in [5, 5.41) is 8.56. The smallest absolute Gasteiger partial charge is 0.0701 e. The van der Waals surface area contributed by atoms with Crippen molar-refractivity contribution in [2.45, 2.75) is 84.0 Å². The van der Waals surface area contributed by atoms with E-state index >= 15 is 0 Å². The lowest BCUT2D eigenvalue weighted by molar-refractivity contribution is -0.0182. The van der Waals surface area contributed by atoms with Crippen LogP contribution >= 0.6 is 0 Å². The van der Waals surface area contributed by atoms with Crippen molar-refractivity contribution < 1.29 is 33.5 Å². The molecule has 0 heterocycles. The Kier molecular flexibility index (Phi) is 31.5. The summed E-state index contributed by atoms with van der Waals surface area (Å²) in [6.07, 6.45) is 16.4. The van der Waals surface area contributed by atoms with Gasteiger partial charge in [0.2, 0.25) is 0 Å².